The predicted molar refractivity (Wildman–Crippen MR) is 84.5 cm³/mol. The maximum atomic E-state index is 11.3. The maximum Gasteiger partial charge on any atom is 0.238 e. The van der Waals surface area contributed by atoms with Crippen LogP contribution < -0.4 is 10.5 Å². The number of nitrogens with one attached hydrogen (secondary N) is 1. The van der Waals surface area contributed by atoms with Crippen LogP contribution in [0.3, 0.4) is 0 Å². The van der Waals surface area contributed by atoms with Crippen molar-refractivity contribution in [1.29, 1.82) is 0 Å². The van der Waals surface area contributed by atoms with Gasteiger partial charge in [0.05, 0.1) is 4.90 Å². The van der Waals surface area contributed by atoms with Gasteiger partial charge >= 0.3 is 0 Å². The highest BCUT2D eigenvalue weighted by Gasteiger charge is 2.59. The third-order valence-electron chi connectivity index (χ3n) is 5.76. The Morgan fingerprint density at radius 3 is 2.29 bits per heavy atom. The van der Waals surface area contributed by atoms with Crippen LogP contribution in [-0.4, -0.2) is 14.5 Å². The van der Waals surface area contributed by atoms with E-state index in [1.807, 2.05) is 12.1 Å². The number of nitrogens with two attached hydrogens (primary N) is 1. The van der Waals surface area contributed by atoms with E-state index in [1.165, 1.54) is 19.3 Å². The fourth-order valence-electron chi connectivity index (χ4n) is 4.57. The SMILES string of the molecule is CC1(C)C(Nc2ccc(S(N)(=O)=O)cc2)[C@]2(C)CC[C@H]1C2. The molecule has 0 aliphatic heterocycles. The van der Waals surface area contributed by atoms with Crippen LogP contribution in [0.4, 0.5) is 5.69 Å². The van der Waals surface area contributed by atoms with Gasteiger partial charge in [-0.3, -0.25) is 0 Å². The minimum atomic E-state index is -3.62. The normalized spacial score (nSPS) is 34.1. The number of sulfonamides is 1. The Morgan fingerprint density at radius 2 is 1.81 bits per heavy atom. The lowest BCUT2D eigenvalue weighted by molar-refractivity contribution is 0.155. The zero-order valence-corrected chi connectivity index (χ0v) is 13.7. The van der Waals surface area contributed by atoms with Crippen LogP contribution in [0.15, 0.2) is 29.2 Å². The summed E-state index contributed by atoms with van der Waals surface area (Å²) < 4.78 is 22.6. The topological polar surface area (TPSA) is 72.2 Å². The van der Waals surface area contributed by atoms with Crippen LogP contribution in [-0.2, 0) is 10.0 Å². The van der Waals surface area contributed by atoms with Crippen molar-refractivity contribution in [3.05, 3.63) is 24.3 Å². The van der Waals surface area contributed by atoms with E-state index in [9.17, 15) is 8.42 Å². The van der Waals surface area contributed by atoms with Gasteiger partial charge < -0.3 is 5.32 Å². The molecule has 2 bridgehead atoms. The quantitative estimate of drug-likeness (QED) is 0.901. The second-order valence-electron chi connectivity index (χ2n) is 7.56. The van der Waals surface area contributed by atoms with E-state index in [0.717, 1.165) is 11.6 Å². The Kier molecular flexibility index (Phi) is 3.16. The first kappa shape index (κ1) is 14.9. The summed E-state index contributed by atoms with van der Waals surface area (Å²) in [7, 11) is -3.62. The Balaban J connectivity index is 1.84. The molecule has 2 aliphatic carbocycles. The number of fused-ring (bicyclic) bond motifs is 2. The van der Waals surface area contributed by atoms with Gasteiger partial charge in [-0.2, -0.15) is 0 Å². The van der Waals surface area contributed by atoms with Crippen molar-refractivity contribution in [3.63, 3.8) is 0 Å². The largest absolute Gasteiger partial charge is 0.381 e. The number of hydrogen-bond donors (Lipinski definition) is 2. The average Bonchev–Trinajstić information content (AvgIpc) is 2.85. The van der Waals surface area contributed by atoms with Gasteiger partial charge in [-0.1, -0.05) is 20.8 Å². The van der Waals surface area contributed by atoms with Crippen molar-refractivity contribution in [1.82, 2.24) is 0 Å². The highest BCUT2D eigenvalue weighted by Crippen LogP contribution is 2.63. The van der Waals surface area contributed by atoms with Crippen molar-refractivity contribution in [2.45, 2.75) is 51.0 Å². The molecular weight excluding hydrogens is 284 g/mol. The summed E-state index contributed by atoms with van der Waals surface area (Å²) in [5, 5.41) is 8.78. The molecule has 5 heteroatoms. The van der Waals surface area contributed by atoms with Gasteiger partial charge in [-0.15, -0.1) is 0 Å². The molecule has 3 atom stereocenters. The molecule has 3 N–H and O–H groups in total. The zero-order chi connectivity index (χ0) is 15.5. The molecular formula is C16H24N2O2S. The summed E-state index contributed by atoms with van der Waals surface area (Å²) in [6, 6.07) is 7.18. The van der Waals surface area contributed by atoms with Crippen LogP contribution in [0.2, 0.25) is 0 Å². The Morgan fingerprint density at radius 1 is 1.19 bits per heavy atom. The first-order chi connectivity index (χ1) is 9.63. The van der Waals surface area contributed by atoms with E-state index in [1.54, 1.807) is 12.1 Å². The molecule has 2 aliphatic rings. The standard InChI is InChI=1S/C16H24N2O2S/c1-15(2)11-8-9-16(3,10-11)14(15)18-12-4-6-13(7-5-12)21(17,19)20/h4-7,11,14,18H,8-10H2,1-3H3,(H2,17,19,20)/t11-,14?,16+/m0/s1. The molecule has 3 rings (SSSR count). The number of anilines is 1. The van der Waals surface area contributed by atoms with E-state index in [4.69, 9.17) is 5.14 Å². The number of rotatable bonds is 3. The van der Waals surface area contributed by atoms with Crippen LogP contribution >= 0.6 is 0 Å². The fourth-order valence-corrected chi connectivity index (χ4v) is 5.09. The van der Waals surface area contributed by atoms with Crippen LogP contribution in [0, 0.1) is 16.7 Å². The third-order valence-corrected chi connectivity index (χ3v) is 6.69. The molecule has 0 amide bonds. The molecule has 1 unspecified atom stereocenters. The Hall–Kier alpha value is -1.07. The smallest absolute Gasteiger partial charge is 0.238 e. The molecule has 0 heterocycles. The molecule has 0 saturated heterocycles. The highest BCUT2D eigenvalue weighted by molar-refractivity contribution is 7.89. The van der Waals surface area contributed by atoms with E-state index in [0.29, 0.717) is 11.5 Å². The summed E-state index contributed by atoms with van der Waals surface area (Å²) in [5.41, 5.74) is 1.58. The second kappa shape index (κ2) is 4.46. The maximum absolute atomic E-state index is 11.3. The van der Waals surface area contributed by atoms with E-state index < -0.39 is 10.0 Å². The number of hydrogen-bond acceptors (Lipinski definition) is 3. The van der Waals surface area contributed by atoms with Crippen molar-refractivity contribution in [2.24, 2.45) is 21.9 Å². The molecule has 1 aromatic carbocycles. The van der Waals surface area contributed by atoms with Gasteiger partial charge in [0.15, 0.2) is 0 Å². The average molecular weight is 308 g/mol. The van der Waals surface area contributed by atoms with Crippen molar-refractivity contribution >= 4 is 15.7 Å². The lowest BCUT2D eigenvalue weighted by atomic mass is 9.68. The summed E-state index contributed by atoms with van der Waals surface area (Å²) >= 11 is 0. The molecule has 4 nitrogen and oxygen atoms in total. The molecule has 0 spiro atoms. The summed E-state index contributed by atoms with van der Waals surface area (Å²) in [6.45, 7) is 7.06. The summed E-state index contributed by atoms with van der Waals surface area (Å²) in [6.07, 6.45) is 3.88. The number of benzene rings is 1. The van der Waals surface area contributed by atoms with Crippen molar-refractivity contribution < 1.29 is 8.42 Å². The van der Waals surface area contributed by atoms with Gasteiger partial charge in [0.1, 0.15) is 0 Å². The minimum Gasteiger partial charge on any atom is -0.381 e. The fraction of sp³-hybridized carbons (Fsp3) is 0.625. The first-order valence-corrected chi connectivity index (χ1v) is 9.07. The molecule has 1 aromatic rings. The zero-order valence-electron chi connectivity index (χ0n) is 12.9. The number of primary sulfonamides is 1. The van der Waals surface area contributed by atoms with Crippen LogP contribution in [0.1, 0.15) is 40.0 Å². The molecule has 0 radical (unpaired) electrons. The summed E-state index contributed by atoms with van der Waals surface area (Å²) in [5.74, 6) is 0.781. The van der Waals surface area contributed by atoms with E-state index >= 15 is 0 Å². The van der Waals surface area contributed by atoms with Gasteiger partial charge in [0.2, 0.25) is 10.0 Å². The van der Waals surface area contributed by atoms with Gasteiger partial charge in [0, 0.05) is 11.7 Å². The monoisotopic (exact) mass is 308 g/mol. The summed E-state index contributed by atoms with van der Waals surface area (Å²) in [4.78, 5) is 0.159. The van der Waals surface area contributed by atoms with Gasteiger partial charge in [-0.05, 0) is 60.3 Å². The Labute approximate surface area is 127 Å². The Bertz CT molecular complexity index is 647. The lowest BCUT2D eigenvalue weighted by Gasteiger charge is -2.43. The van der Waals surface area contributed by atoms with Crippen molar-refractivity contribution in [2.75, 3.05) is 5.32 Å². The third kappa shape index (κ3) is 2.36. The van der Waals surface area contributed by atoms with E-state index in [2.05, 4.69) is 26.1 Å². The second-order valence-corrected chi connectivity index (χ2v) is 9.12. The van der Waals surface area contributed by atoms with Crippen molar-refractivity contribution in [3.8, 4) is 0 Å². The molecule has 0 aromatic heterocycles. The minimum absolute atomic E-state index is 0.159. The van der Waals surface area contributed by atoms with E-state index in [-0.39, 0.29) is 10.3 Å². The highest BCUT2D eigenvalue weighted by atomic mass is 32.2. The molecule has 2 fully saturated rings. The van der Waals surface area contributed by atoms with Gasteiger partial charge in [0.25, 0.3) is 0 Å². The molecule has 116 valence electrons. The first-order valence-electron chi connectivity index (χ1n) is 7.52. The predicted octanol–water partition coefficient (Wildman–Crippen LogP) is 2.96. The van der Waals surface area contributed by atoms with Crippen LogP contribution in [0.5, 0.6) is 0 Å². The van der Waals surface area contributed by atoms with Crippen LogP contribution in [0.25, 0.3) is 0 Å². The molecule has 21 heavy (non-hydrogen) atoms. The molecule has 2 saturated carbocycles. The van der Waals surface area contributed by atoms with Gasteiger partial charge in [-0.25, -0.2) is 13.6 Å². The lowest BCUT2D eigenvalue weighted by Crippen LogP contribution is -2.45.